The van der Waals surface area contributed by atoms with Crippen molar-refractivity contribution in [1.29, 1.82) is 0 Å². The van der Waals surface area contributed by atoms with Crippen LogP contribution in [0.4, 0.5) is 0 Å². The van der Waals surface area contributed by atoms with Crippen molar-refractivity contribution in [3.8, 4) is 0 Å². The van der Waals surface area contributed by atoms with Crippen LogP contribution < -0.4 is 15.6 Å². The fourth-order valence-electron chi connectivity index (χ4n) is 0.967. The van der Waals surface area contributed by atoms with Crippen LogP contribution in [0.3, 0.4) is 0 Å². The van der Waals surface area contributed by atoms with Gasteiger partial charge in [-0.1, -0.05) is 11.6 Å². The summed E-state index contributed by atoms with van der Waals surface area (Å²) in [5.41, 5.74) is 0.304. The lowest BCUT2D eigenvalue weighted by Crippen LogP contribution is -2.40. The molecule has 1 atom stereocenters. The van der Waals surface area contributed by atoms with Gasteiger partial charge in [0.25, 0.3) is 0 Å². The summed E-state index contributed by atoms with van der Waals surface area (Å²) >= 11 is 0. The van der Waals surface area contributed by atoms with E-state index in [1.807, 2.05) is 0 Å². The van der Waals surface area contributed by atoms with E-state index in [0.717, 1.165) is 6.42 Å². The van der Waals surface area contributed by atoms with Gasteiger partial charge in [0.1, 0.15) is 0 Å². The normalized spacial score (nSPS) is 13.2. The Morgan fingerprint density at radius 2 is 2.38 bits per heavy atom. The van der Waals surface area contributed by atoms with Gasteiger partial charge >= 0.3 is 11.3 Å². The van der Waals surface area contributed by atoms with Gasteiger partial charge in [0.2, 0.25) is 0 Å². The Morgan fingerprint density at radius 1 is 1.69 bits per heavy atom. The number of H-pyrrole nitrogens is 1. The van der Waals surface area contributed by atoms with Crippen LogP contribution in [-0.4, -0.2) is 11.3 Å². The van der Waals surface area contributed by atoms with E-state index in [9.17, 15) is 4.79 Å². The van der Waals surface area contributed by atoms with E-state index in [-0.39, 0.29) is 5.63 Å². The van der Waals surface area contributed by atoms with E-state index in [1.165, 1.54) is 0 Å². The zero-order valence-corrected chi connectivity index (χ0v) is 8.26. The molecular formula is C8H16N3O2+. The number of aryl methyl sites for hydroxylation is 1. The average Bonchev–Trinajstić information content (AvgIpc) is 2.43. The second-order valence-electron chi connectivity index (χ2n) is 3.18. The fraction of sp³-hybridized carbons (Fsp3) is 0.750. The van der Waals surface area contributed by atoms with Crippen LogP contribution in [0.1, 0.15) is 26.0 Å². The first-order chi connectivity index (χ1) is 6.15. The number of aromatic amines is 1. The summed E-state index contributed by atoms with van der Waals surface area (Å²) in [6, 6.07) is 0.411. The maximum Gasteiger partial charge on any atom is 0.431 e. The van der Waals surface area contributed by atoms with Gasteiger partial charge in [-0.3, -0.25) is 4.52 Å². The molecule has 1 aromatic rings. The highest BCUT2D eigenvalue weighted by Crippen LogP contribution is 1.89. The Hall–Kier alpha value is -1.10. The van der Waals surface area contributed by atoms with Crippen LogP contribution in [-0.2, 0) is 13.6 Å². The molecule has 1 rings (SSSR count). The Balaban J connectivity index is 2.59. The smallest absolute Gasteiger partial charge is 0.305 e. The number of nitrogens with zero attached hydrogens (tertiary/aromatic N) is 1. The van der Waals surface area contributed by atoms with Crippen molar-refractivity contribution in [2.45, 2.75) is 32.9 Å². The highest BCUT2D eigenvalue weighted by atomic mass is 16.5. The number of hydrogen-bond acceptors (Lipinski definition) is 3. The lowest BCUT2D eigenvalue weighted by atomic mass is 10.2. The Kier molecular flexibility index (Phi) is 3.25. The lowest BCUT2D eigenvalue weighted by molar-refractivity contribution is -0.746. The van der Waals surface area contributed by atoms with Crippen molar-refractivity contribution >= 4 is 0 Å². The summed E-state index contributed by atoms with van der Waals surface area (Å²) in [5, 5.41) is 5.68. The Bertz CT molecular complexity index is 315. The summed E-state index contributed by atoms with van der Waals surface area (Å²) in [5.74, 6) is 0. The van der Waals surface area contributed by atoms with E-state index in [1.54, 1.807) is 11.7 Å². The minimum absolute atomic E-state index is 0.307. The molecule has 0 saturated heterocycles. The van der Waals surface area contributed by atoms with Crippen LogP contribution in [0.2, 0.25) is 0 Å². The third-order valence-electron chi connectivity index (χ3n) is 2.15. The minimum atomic E-state index is -0.307. The average molecular weight is 186 g/mol. The van der Waals surface area contributed by atoms with Crippen LogP contribution in [0.25, 0.3) is 0 Å². The van der Waals surface area contributed by atoms with Crippen molar-refractivity contribution in [2.24, 2.45) is 7.05 Å². The maximum absolute atomic E-state index is 11.1. The molecule has 1 unspecified atom stereocenters. The van der Waals surface area contributed by atoms with E-state index in [2.05, 4.69) is 29.0 Å². The molecule has 2 N–H and O–H groups in total. The molecule has 0 aliphatic rings. The van der Waals surface area contributed by atoms with Gasteiger partial charge in [-0.05, 0) is 18.6 Å². The quantitative estimate of drug-likeness (QED) is 0.633. The molecule has 5 heteroatoms. The van der Waals surface area contributed by atoms with Crippen molar-refractivity contribution in [2.75, 3.05) is 0 Å². The number of aromatic nitrogens is 2. The zero-order valence-electron chi connectivity index (χ0n) is 8.26. The minimum Gasteiger partial charge on any atom is -0.305 e. The molecule has 13 heavy (non-hydrogen) atoms. The Labute approximate surface area is 76.7 Å². The fourth-order valence-corrected chi connectivity index (χ4v) is 0.967. The van der Waals surface area contributed by atoms with E-state index in [0.29, 0.717) is 18.3 Å². The van der Waals surface area contributed by atoms with Crippen LogP contribution in [0.15, 0.2) is 9.32 Å². The first-order valence-corrected chi connectivity index (χ1v) is 4.45. The molecule has 5 nitrogen and oxygen atoms in total. The molecule has 0 aromatic carbocycles. The molecule has 1 heterocycles. The standard InChI is InChI=1S/C8H15N3O2/c1-4-6(2)9-5-7-8(12)13-10-11(7)3/h6,9H,4-5H2,1-3H3/p+1. The summed E-state index contributed by atoms with van der Waals surface area (Å²) < 4.78 is 6.18. The van der Waals surface area contributed by atoms with Gasteiger partial charge in [-0.25, -0.2) is 4.79 Å². The van der Waals surface area contributed by atoms with Gasteiger partial charge < -0.3 is 5.32 Å². The number of rotatable bonds is 4. The van der Waals surface area contributed by atoms with Gasteiger partial charge in [0, 0.05) is 6.04 Å². The highest BCUT2D eigenvalue weighted by Gasteiger charge is 2.16. The Morgan fingerprint density at radius 3 is 2.85 bits per heavy atom. The second-order valence-corrected chi connectivity index (χ2v) is 3.18. The predicted octanol–water partition coefficient (Wildman–Crippen LogP) is -0.319. The third-order valence-corrected chi connectivity index (χ3v) is 2.15. The lowest BCUT2D eigenvalue weighted by Gasteiger charge is -2.06. The maximum atomic E-state index is 11.1. The molecule has 0 aliphatic carbocycles. The third kappa shape index (κ3) is 2.42. The van der Waals surface area contributed by atoms with E-state index >= 15 is 0 Å². The largest absolute Gasteiger partial charge is 0.431 e. The summed E-state index contributed by atoms with van der Waals surface area (Å²) in [6.07, 6.45) is 1.04. The molecular weight excluding hydrogens is 170 g/mol. The van der Waals surface area contributed by atoms with E-state index in [4.69, 9.17) is 0 Å². The molecule has 0 fully saturated rings. The first kappa shape index (κ1) is 9.98. The molecule has 0 aliphatic heterocycles. The molecule has 0 spiro atoms. The topological polar surface area (TPSA) is 61.9 Å². The molecule has 0 bridgehead atoms. The van der Waals surface area contributed by atoms with Crippen LogP contribution in [0, 0.1) is 0 Å². The van der Waals surface area contributed by atoms with Crippen molar-refractivity contribution < 1.29 is 9.20 Å². The van der Waals surface area contributed by atoms with Gasteiger partial charge in [-0.2, -0.15) is 0 Å². The van der Waals surface area contributed by atoms with Crippen LogP contribution >= 0.6 is 0 Å². The first-order valence-electron chi connectivity index (χ1n) is 4.45. The second kappa shape index (κ2) is 4.23. The molecule has 1 aromatic heterocycles. The predicted molar refractivity (Wildman–Crippen MR) is 47.1 cm³/mol. The van der Waals surface area contributed by atoms with Gasteiger partial charge in [0.05, 0.1) is 6.54 Å². The van der Waals surface area contributed by atoms with Crippen molar-refractivity contribution in [3.63, 3.8) is 0 Å². The number of hydrogen-bond donors (Lipinski definition) is 2. The van der Waals surface area contributed by atoms with E-state index < -0.39 is 0 Å². The molecule has 0 saturated carbocycles. The van der Waals surface area contributed by atoms with Crippen molar-refractivity contribution in [1.82, 2.24) is 10.6 Å². The molecule has 74 valence electrons. The number of nitrogens with one attached hydrogen (secondary N) is 2. The molecule has 0 radical (unpaired) electrons. The summed E-state index contributed by atoms with van der Waals surface area (Å²) in [4.78, 5) is 11.1. The summed E-state index contributed by atoms with van der Waals surface area (Å²) in [6.45, 7) is 4.71. The molecule has 0 amide bonds. The monoisotopic (exact) mass is 186 g/mol. The summed E-state index contributed by atoms with van der Waals surface area (Å²) in [7, 11) is 1.75. The van der Waals surface area contributed by atoms with Gasteiger partial charge in [-0.15, -0.1) is 0 Å². The highest BCUT2D eigenvalue weighted by molar-refractivity contribution is 4.82. The van der Waals surface area contributed by atoms with Crippen molar-refractivity contribution in [3.05, 3.63) is 16.1 Å². The van der Waals surface area contributed by atoms with Gasteiger partial charge in [0.15, 0.2) is 7.05 Å². The van der Waals surface area contributed by atoms with Crippen LogP contribution in [0.5, 0.6) is 0 Å². The SMILES string of the molecule is CCC(C)NCc1c(=O)o[nH][n+]1C. The zero-order chi connectivity index (χ0) is 9.84.